The summed E-state index contributed by atoms with van der Waals surface area (Å²) >= 11 is 0. The van der Waals surface area contributed by atoms with Crippen LogP contribution in [0.4, 0.5) is 0 Å². The molecule has 2 nitrogen and oxygen atoms in total. The molecule has 2 N–H and O–H groups in total. The van der Waals surface area contributed by atoms with E-state index in [4.69, 9.17) is 5.73 Å². The van der Waals surface area contributed by atoms with E-state index in [-0.39, 0.29) is 0 Å². The van der Waals surface area contributed by atoms with Crippen LogP contribution in [-0.4, -0.2) is 30.6 Å². The molecule has 1 aliphatic carbocycles. The third-order valence-corrected chi connectivity index (χ3v) is 4.93. The average Bonchev–Trinajstić information content (AvgIpc) is 2.77. The van der Waals surface area contributed by atoms with Crippen LogP contribution in [0.1, 0.15) is 39.0 Å². The molecule has 2 fully saturated rings. The summed E-state index contributed by atoms with van der Waals surface area (Å²) in [6, 6.07) is 0. The van der Waals surface area contributed by atoms with Crippen molar-refractivity contribution in [3.05, 3.63) is 0 Å². The molecule has 2 rings (SSSR count). The Labute approximate surface area is 87.8 Å². The van der Waals surface area contributed by atoms with Crippen molar-refractivity contribution < 1.29 is 0 Å². The monoisotopic (exact) mass is 196 g/mol. The van der Waals surface area contributed by atoms with E-state index >= 15 is 0 Å². The lowest BCUT2D eigenvalue weighted by atomic mass is 9.75. The largest absolute Gasteiger partial charge is 0.330 e. The number of nitrogens with two attached hydrogens (primary N) is 1. The van der Waals surface area contributed by atoms with E-state index in [9.17, 15) is 0 Å². The van der Waals surface area contributed by atoms with Crippen LogP contribution < -0.4 is 5.73 Å². The lowest BCUT2D eigenvalue weighted by Crippen LogP contribution is -2.50. The van der Waals surface area contributed by atoms with E-state index in [1.807, 2.05) is 0 Å². The van der Waals surface area contributed by atoms with Gasteiger partial charge in [0.15, 0.2) is 0 Å². The molecule has 82 valence electrons. The summed E-state index contributed by atoms with van der Waals surface area (Å²) in [6.07, 6.45) is 7.03. The minimum atomic E-state index is 0.408. The predicted molar refractivity (Wildman–Crippen MR) is 60.2 cm³/mol. The van der Waals surface area contributed by atoms with Gasteiger partial charge >= 0.3 is 0 Å². The fourth-order valence-electron chi connectivity index (χ4n) is 3.71. The molecule has 1 saturated heterocycles. The molecule has 14 heavy (non-hydrogen) atoms. The Morgan fingerprint density at radius 1 is 1.29 bits per heavy atom. The van der Waals surface area contributed by atoms with Crippen molar-refractivity contribution in [1.82, 2.24) is 4.90 Å². The highest BCUT2D eigenvalue weighted by Crippen LogP contribution is 2.45. The van der Waals surface area contributed by atoms with Gasteiger partial charge in [0.25, 0.3) is 0 Å². The zero-order valence-corrected chi connectivity index (χ0v) is 9.63. The number of nitrogens with zero attached hydrogens (tertiary/aromatic N) is 1. The molecule has 1 saturated carbocycles. The summed E-state index contributed by atoms with van der Waals surface area (Å²) in [5, 5.41) is 0. The van der Waals surface area contributed by atoms with Crippen molar-refractivity contribution in [1.29, 1.82) is 0 Å². The second kappa shape index (κ2) is 3.82. The molecule has 2 unspecified atom stereocenters. The molecule has 1 heterocycles. The fraction of sp³-hybridized carbons (Fsp3) is 1.00. The van der Waals surface area contributed by atoms with Crippen LogP contribution in [0.5, 0.6) is 0 Å². The van der Waals surface area contributed by atoms with Crippen LogP contribution in [0.15, 0.2) is 0 Å². The van der Waals surface area contributed by atoms with Crippen molar-refractivity contribution in [3.8, 4) is 0 Å². The molecular formula is C12H24N2. The SMILES string of the molecule is CN1CCC(CN)C1(C)C1CCCC1. The summed E-state index contributed by atoms with van der Waals surface area (Å²) in [4.78, 5) is 2.57. The van der Waals surface area contributed by atoms with Gasteiger partial charge in [-0.1, -0.05) is 12.8 Å². The van der Waals surface area contributed by atoms with Crippen LogP contribution in [0.2, 0.25) is 0 Å². The number of hydrogen-bond donors (Lipinski definition) is 1. The summed E-state index contributed by atoms with van der Waals surface area (Å²) in [6.45, 7) is 4.57. The van der Waals surface area contributed by atoms with E-state index in [0.29, 0.717) is 5.54 Å². The number of likely N-dealkylation sites (tertiary alicyclic amines) is 1. The molecular weight excluding hydrogens is 172 g/mol. The number of rotatable bonds is 2. The van der Waals surface area contributed by atoms with E-state index in [1.54, 1.807) is 0 Å². The highest BCUT2D eigenvalue weighted by molar-refractivity contribution is 5.03. The minimum Gasteiger partial charge on any atom is -0.330 e. The molecule has 2 atom stereocenters. The van der Waals surface area contributed by atoms with Gasteiger partial charge in [-0.15, -0.1) is 0 Å². The maximum atomic E-state index is 5.91. The molecule has 2 aliphatic rings. The molecule has 0 aromatic rings. The topological polar surface area (TPSA) is 29.3 Å². The van der Waals surface area contributed by atoms with Crippen LogP contribution in [-0.2, 0) is 0 Å². The maximum Gasteiger partial charge on any atom is 0.0247 e. The average molecular weight is 196 g/mol. The Morgan fingerprint density at radius 3 is 2.50 bits per heavy atom. The number of hydrogen-bond acceptors (Lipinski definition) is 2. The molecule has 0 amide bonds. The van der Waals surface area contributed by atoms with Gasteiger partial charge in [0.05, 0.1) is 0 Å². The lowest BCUT2D eigenvalue weighted by Gasteiger charge is -2.42. The zero-order chi connectivity index (χ0) is 10.2. The van der Waals surface area contributed by atoms with Gasteiger partial charge in [0.2, 0.25) is 0 Å². The Balaban J connectivity index is 2.16. The van der Waals surface area contributed by atoms with E-state index < -0.39 is 0 Å². The van der Waals surface area contributed by atoms with Crippen molar-refractivity contribution >= 4 is 0 Å². The maximum absolute atomic E-state index is 5.91. The first-order chi connectivity index (χ1) is 6.69. The molecule has 0 aromatic heterocycles. The Hall–Kier alpha value is -0.0800. The Morgan fingerprint density at radius 2 is 1.93 bits per heavy atom. The van der Waals surface area contributed by atoms with Crippen LogP contribution in [0, 0.1) is 11.8 Å². The van der Waals surface area contributed by atoms with E-state index in [2.05, 4.69) is 18.9 Å². The summed E-state index contributed by atoms with van der Waals surface area (Å²) in [5.41, 5.74) is 6.32. The first kappa shape index (κ1) is 10.4. The van der Waals surface area contributed by atoms with Crippen molar-refractivity contribution in [2.45, 2.75) is 44.6 Å². The smallest absolute Gasteiger partial charge is 0.0247 e. The summed E-state index contributed by atoms with van der Waals surface area (Å²) < 4.78 is 0. The fourth-order valence-corrected chi connectivity index (χ4v) is 3.71. The van der Waals surface area contributed by atoms with Gasteiger partial charge in [-0.2, -0.15) is 0 Å². The summed E-state index contributed by atoms with van der Waals surface area (Å²) in [7, 11) is 2.29. The minimum absolute atomic E-state index is 0.408. The van der Waals surface area contributed by atoms with E-state index in [0.717, 1.165) is 18.4 Å². The Bertz CT molecular complexity index is 198. The summed E-state index contributed by atoms with van der Waals surface area (Å²) in [5.74, 6) is 1.64. The first-order valence-corrected chi connectivity index (χ1v) is 6.11. The normalized spacial score (nSPS) is 40.9. The van der Waals surface area contributed by atoms with Gasteiger partial charge in [-0.05, 0) is 58.2 Å². The van der Waals surface area contributed by atoms with Crippen LogP contribution in [0.3, 0.4) is 0 Å². The second-order valence-electron chi connectivity index (χ2n) is 5.35. The van der Waals surface area contributed by atoms with Crippen molar-refractivity contribution in [2.24, 2.45) is 17.6 Å². The third kappa shape index (κ3) is 1.40. The zero-order valence-electron chi connectivity index (χ0n) is 9.63. The highest BCUT2D eigenvalue weighted by atomic mass is 15.2. The Kier molecular flexibility index (Phi) is 2.85. The second-order valence-corrected chi connectivity index (χ2v) is 5.35. The van der Waals surface area contributed by atoms with Gasteiger partial charge in [0, 0.05) is 5.54 Å². The van der Waals surface area contributed by atoms with Gasteiger partial charge < -0.3 is 10.6 Å². The molecule has 0 aromatic carbocycles. The van der Waals surface area contributed by atoms with Gasteiger partial charge in [-0.3, -0.25) is 0 Å². The van der Waals surface area contributed by atoms with Crippen LogP contribution >= 0.6 is 0 Å². The lowest BCUT2D eigenvalue weighted by molar-refractivity contribution is 0.0809. The molecule has 0 radical (unpaired) electrons. The highest BCUT2D eigenvalue weighted by Gasteiger charge is 2.48. The quantitative estimate of drug-likeness (QED) is 0.730. The molecule has 2 heteroatoms. The van der Waals surface area contributed by atoms with Crippen LogP contribution in [0.25, 0.3) is 0 Å². The van der Waals surface area contributed by atoms with Crippen molar-refractivity contribution in [2.75, 3.05) is 20.1 Å². The third-order valence-electron chi connectivity index (χ3n) is 4.93. The standard InChI is InChI=1S/C12H24N2/c1-12(10-5-3-4-6-10)11(9-13)7-8-14(12)2/h10-11H,3-9,13H2,1-2H3. The van der Waals surface area contributed by atoms with Crippen molar-refractivity contribution in [3.63, 3.8) is 0 Å². The van der Waals surface area contributed by atoms with E-state index in [1.165, 1.54) is 38.6 Å². The predicted octanol–water partition coefficient (Wildman–Crippen LogP) is 1.85. The van der Waals surface area contributed by atoms with Gasteiger partial charge in [0.1, 0.15) is 0 Å². The van der Waals surface area contributed by atoms with Gasteiger partial charge in [-0.25, -0.2) is 0 Å². The molecule has 0 spiro atoms. The molecule has 0 bridgehead atoms. The first-order valence-electron chi connectivity index (χ1n) is 6.11. The molecule has 1 aliphatic heterocycles.